The van der Waals surface area contributed by atoms with Gasteiger partial charge in [-0.05, 0) is 25.0 Å². The van der Waals surface area contributed by atoms with Crippen molar-refractivity contribution in [3.63, 3.8) is 0 Å². The number of halogens is 1. The average molecular weight is 225 g/mol. The Bertz CT molecular complexity index is 320. The van der Waals surface area contributed by atoms with Gasteiger partial charge >= 0.3 is 5.97 Å². The zero-order valence-electron chi connectivity index (χ0n) is 8.36. The van der Waals surface area contributed by atoms with E-state index in [4.69, 9.17) is 16.3 Å². The van der Waals surface area contributed by atoms with Crippen LogP contribution in [0, 0.1) is 0 Å². The maximum Gasteiger partial charge on any atom is 0.338 e. The lowest BCUT2D eigenvalue weighted by atomic mass is 10.2. The molecule has 2 nitrogen and oxygen atoms in total. The Hall–Kier alpha value is -1.28. The van der Waals surface area contributed by atoms with Crippen LogP contribution in [0.15, 0.2) is 41.9 Å². The average Bonchev–Trinajstić information content (AvgIpc) is 2.30. The highest BCUT2D eigenvalue weighted by atomic mass is 35.5. The molecule has 0 aliphatic carbocycles. The summed E-state index contributed by atoms with van der Waals surface area (Å²) in [6.07, 6.45) is 3.45. The van der Waals surface area contributed by atoms with Crippen molar-refractivity contribution in [2.24, 2.45) is 0 Å². The molecule has 1 rings (SSSR count). The predicted molar refractivity (Wildman–Crippen MR) is 61.0 cm³/mol. The maximum atomic E-state index is 11.4. The van der Waals surface area contributed by atoms with E-state index in [0.29, 0.717) is 12.2 Å². The van der Waals surface area contributed by atoms with E-state index in [-0.39, 0.29) is 5.97 Å². The van der Waals surface area contributed by atoms with E-state index in [0.717, 1.165) is 12.8 Å². The van der Waals surface area contributed by atoms with Crippen LogP contribution in [-0.2, 0) is 4.74 Å². The standard InChI is InChI=1S/C12H13ClO2/c13-9-5-2-6-10-15-12(14)11-7-3-1-4-8-11/h1,3-5,7-9H,2,6,10H2. The molecule has 3 heteroatoms. The highest BCUT2D eigenvalue weighted by Crippen LogP contribution is 2.02. The fourth-order valence-corrected chi connectivity index (χ4v) is 1.21. The summed E-state index contributed by atoms with van der Waals surface area (Å²) >= 11 is 5.35. The van der Waals surface area contributed by atoms with Crippen molar-refractivity contribution < 1.29 is 9.53 Å². The number of hydrogen-bond acceptors (Lipinski definition) is 2. The van der Waals surface area contributed by atoms with Crippen LogP contribution in [0.5, 0.6) is 0 Å². The smallest absolute Gasteiger partial charge is 0.338 e. The first-order valence-electron chi connectivity index (χ1n) is 4.82. The van der Waals surface area contributed by atoms with Gasteiger partial charge in [0.2, 0.25) is 0 Å². The Morgan fingerprint density at radius 1 is 1.33 bits per heavy atom. The van der Waals surface area contributed by atoms with E-state index >= 15 is 0 Å². The van der Waals surface area contributed by atoms with Gasteiger partial charge in [0.15, 0.2) is 0 Å². The van der Waals surface area contributed by atoms with Crippen molar-refractivity contribution in [2.75, 3.05) is 6.61 Å². The van der Waals surface area contributed by atoms with Crippen LogP contribution in [0.4, 0.5) is 0 Å². The number of carbonyl (C=O) groups is 1. The Labute approximate surface area is 94.5 Å². The van der Waals surface area contributed by atoms with Crippen molar-refractivity contribution in [3.8, 4) is 0 Å². The molecule has 15 heavy (non-hydrogen) atoms. The number of unbranched alkanes of at least 4 members (excludes halogenated alkanes) is 1. The van der Waals surface area contributed by atoms with Crippen LogP contribution in [0.3, 0.4) is 0 Å². The number of hydrogen-bond donors (Lipinski definition) is 0. The second-order valence-corrected chi connectivity index (χ2v) is 3.26. The monoisotopic (exact) mass is 224 g/mol. The predicted octanol–water partition coefficient (Wildman–Crippen LogP) is 3.38. The Balaban J connectivity index is 2.25. The first-order valence-corrected chi connectivity index (χ1v) is 5.25. The highest BCUT2D eigenvalue weighted by Gasteiger charge is 2.04. The third-order valence-electron chi connectivity index (χ3n) is 1.85. The van der Waals surface area contributed by atoms with Gasteiger partial charge < -0.3 is 4.74 Å². The lowest BCUT2D eigenvalue weighted by molar-refractivity contribution is 0.0501. The summed E-state index contributed by atoms with van der Waals surface area (Å²) in [5.41, 5.74) is 2.06. The summed E-state index contributed by atoms with van der Waals surface area (Å²) in [5.74, 6) is -0.273. The summed E-state index contributed by atoms with van der Waals surface area (Å²) in [6, 6.07) is 8.96. The van der Waals surface area contributed by atoms with Gasteiger partial charge in [0, 0.05) is 5.54 Å². The van der Waals surface area contributed by atoms with Crippen molar-refractivity contribution in [1.29, 1.82) is 0 Å². The fourth-order valence-electron chi connectivity index (χ4n) is 1.09. The van der Waals surface area contributed by atoms with Crippen LogP contribution >= 0.6 is 11.6 Å². The molecule has 0 atom stereocenters. The van der Waals surface area contributed by atoms with E-state index in [1.165, 1.54) is 5.54 Å². The minimum absolute atomic E-state index is 0.273. The Morgan fingerprint density at radius 2 is 2.07 bits per heavy atom. The summed E-state index contributed by atoms with van der Waals surface area (Å²) in [7, 11) is 0. The van der Waals surface area contributed by atoms with E-state index < -0.39 is 0 Å². The van der Waals surface area contributed by atoms with Crippen molar-refractivity contribution in [3.05, 3.63) is 47.5 Å². The minimum atomic E-state index is -0.273. The van der Waals surface area contributed by atoms with Crippen LogP contribution in [0.1, 0.15) is 23.2 Å². The molecule has 1 aromatic rings. The number of benzene rings is 1. The van der Waals surface area contributed by atoms with E-state index in [1.807, 2.05) is 24.3 Å². The second-order valence-electron chi connectivity index (χ2n) is 3.01. The molecule has 0 aromatic heterocycles. The van der Waals surface area contributed by atoms with Gasteiger partial charge in [0.05, 0.1) is 12.2 Å². The number of ether oxygens (including phenoxy) is 1. The molecule has 0 fully saturated rings. The summed E-state index contributed by atoms with van der Waals surface area (Å²) in [6.45, 7) is 0.426. The molecule has 0 spiro atoms. The normalized spacial score (nSPS) is 10.5. The lowest BCUT2D eigenvalue weighted by Crippen LogP contribution is -2.05. The van der Waals surface area contributed by atoms with Gasteiger partial charge in [-0.3, -0.25) is 0 Å². The molecule has 1 aromatic carbocycles. The van der Waals surface area contributed by atoms with E-state index in [2.05, 4.69) is 0 Å². The third-order valence-corrected chi connectivity index (χ3v) is 2.03. The largest absolute Gasteiger partial charge is 0.462 e. The highest BCUT2D eigenvalue weighted by molar-refractivity contribution is 6.25. The minimum Gasteiger partial charge on any atom is -0.462 e. The fraction of sp³-hybridized carbons (Fsp3) is 0.250. The molecule has 0 amide bonds. The maximum absolute atomic E-state index is 11.4. The molecule has 0 unspecified atom stereocenters. The molecule has 80 valence electrons. The van der Waals surface area contributed by atoms with Gasteiger partial charge in [-0.1, -0.05) is 35.9 Å². The molecular formula is C12H13ClO2. The molecule has 0 saturated carbocycles. The van der Waals surface area contributed by atoms with Crippen molar-refractivity contribution in [1.82, 2.24) is 0 Å². The first kappa shape index (κ1) is 11.8. The number of rotatable bonds is 5. The zero-order valence-corrected chi connectivity index (χ0v) is 9.11. The number of allylic oxidation sites excluding steroid dienone is 1. The third kappa shape index (κ3) is 4.66. The van der Waals surface area contributed by atoms with Crippen LogP contribution in [0.2, 0.25) is 0 Å². The first-order chi connectivity index (χ1) is 7.34. The van der Waals surface area contributed by atoms with Gasteiger partial charge in [0.1, 0.15) is 0 Å². The molecule has 0 radical (unpaired) electrons. The molecular weight excluding hydrogens is 212 g/mol. The molecule has 0 aliphatic rings. The van der Waals surface area contributed by atoms with Crippen LogP contribution in [-0.4, -0.2) is 12.6 Å². The molecule has 0 saturated heterocycles. The van der Waals surface area contributed by atoms with Crippen molar-refractivity contribution in [2.45, 2.75) is 12.8 Å². The van der Waals surface area contributed by atoms with Gasteiger partial charge in [-0.25, -0.2) is 4.79 Å². The van der Waals surface area contributed by atoms with E-state index in [1.54, 1.807) is 12.1 Å². The quantitative estimate of drug-likeness (QED) is 0.566. The zero-order chi connectivity index (χ0) is 10.9. The molecule has 0 heterocycles. The SMILES string of the molecule is O=C(OCCCC=CCl)c1ccccc1. The lowest BCUT2D eigenvalue weighted by Gasteiger charge is -2.02. The van der Waals surface area contributed by atoms with Gasteiger partial charge in [-0.2, -0.15) is 0 Å². The van der Waals surface area contributed by atoms with Crippen molar-refractivity contribution >= 4 is 17.6 Å². The van der Waals surface area contributed by atoms with Gasteiger partial charge in [0.25, 0.3) is 0 Å². The number of esters is 1. The molecule has 0 aliphatic heterocycles. The van der Waals surface area contributed by atoms with Gasteiger partial charge in [-0.15, -0.1) is 0 Å². The Kier molecular flexibility index (Phi) is 5.56. The summed E-state index contributed by atoms with van der Waals surface area (Å²) in [5, 5.41) is 0. The number of carbonyl (C=O) groups excluding carboxylic acids is 1. The topological polar surface area (TPSA) is 26.3 Å². The molecule has 0 N–H and O–H groups in total. The summed E-state index contributed by atoms with van der Waals surface area (Å²) in [4.78, 5) is 11.4. The second kappa shape index (κ2) is 7.07. The Morgan fingerprint density at radius 3 is 2.73 bits per heavy atom. The van der Waals surface area contributed by atoms with Crippen LogP contribution < -0.4 is 0 Å². The van der Waals surface area contributed by atoms with Crippen LogP contribution in [0.25, 0.3) is 0 Å². The summed E-state index contributed by atoms with van der Waals surface area (Å²) < 4.78 is 5.06. The molecule has 0 bridgehead atoms. The van der Waals surface area contributed by atoms with E-state index in [9.17, 15) is 4.79 Å².